The van der Waals surface area contributed by atoms with Crippen LogP contribution in [0.15, 0.2) is 72.8 Å². The van der Waals surface area contributed by atoms with Gasteiger partial charge in [-0.25, -0.2) is 4.79 Å². The molecule has 1 aliphatic rings. The first-order chi connectivity index (χ1) is 15.4. The lowest BCUT2D eigenvalue weighted by Gasteiger charge is -2.14. The maximum atomic E-state index is 12.6. The molecular weight excluding hydrogens is 415 g/mol. The van der Waals surface area contributed by atoms with E-state index in [4.69, 9.17) is 4.74 Å². The van der Waals surface area contributed by atoms with Crippen LogP contribution >= 0.6 is 0 Å². The van der Waals surface area contributed by atoms with Crippen molar-refractivity contribution in [1.29, 1.82) is 0 Å². The minimum Gasteiger partial charge on any atom is -0.449 e. The summed E-state index contributed by atoms with van der Waals surface area (Å²) in [6, 6.07) is 20.9. The van der Waals surface area contributed by atoms with E-state index in [1.54, 1.807) is 0 Å². The van der Waals surface area contributed by atoms with Crippen LogP contribution < -0.4 is 5.32 Å². The van der Waals surface area contributed by atoms with Crippen molar-refractivity contribution in [3.63, 3.8) is 0 Å². The molecule has 0 aliphatic heterocycles. The maximum Gasteiger partial charge on any atom is 0.416 e. The molecule has 1 amide bonds. The third-order valence-corrected chi connectivity index (χ3v) is 5.31. The van der Waals surface area contributed by atoms with Crippen molar-refractivity contribution in [2.45, 2.75) is 18.5 Å². The largest absolute Gasteiger partial charge is 0.449 e. The second-order valence-corrected chi connectivity index (χ2v) is 7.38. The zero-order valence-corrected chi connectivity index (χ0v) is 17.1. The Balaban J connectivity index is 1.26. The molecule has 3 aromatic carbocycles. The molecule has 0 bridgehead atoms. The Bertz CT molecular complexity index is 1130. The smallest absolute Gasteiger partial charge is 0.416 e. The normalized spacial score (nSPS) is 12.3. The van der Waals surface area contributed by atoms with Gasteiger partial charge in [-0.05, 0) is 46.5 Å². The Kier molecular flexibility index (Phi) is 6.18. The second kappa shape index (κ2) is 9.19. The molecule has 32 heavy (non-hydrogen) atoms. The van der Waals surface area contributed by atoms with Crippen LogP contribution in [-0.2, 0) is 10.9 Å². The summed E-state index contributed by atoms with van der Waals surface area (Å²) >= 11 is 0. The van der Waals surface area contributed by atoms with Gasteiger partial charge in [-0.1, -0.05) is 60.4 Å². The second-order valence-electron chi connectivity index (χ2n) is 7.38. The van der Waals surface area contributed by atoms with Gasteiger partial charge in [0.1, 0.15) is 6.61 Å². The van der Waals surface area contributed by atoms with Crippen LogP contribution in [0.2, 0.25) is 0 Å². The Labute approximate surface area is 184 Å². The minimum absolute atomic E-state index is 0.00684. The Morgan fingerprint density at radius 1 is 0.906 bits per heavy atom. The van der Waals surface area contributed by atoms with Crippen LogP contribution in [0.3, 0.4) is 0 Å². The van der Waals surface area contributed by atoms with Crippen LogP contribution in [0.4, 0.5) is 18.0 Å². The molecule has 0 heterocycles. The lowest BCUT2D eigenvalue weighted by molar-refractivity contribution is -0.137. The van der Waals surface area contributed by atoms with Gasteiger partial charge in [0, 0.05) is 24.4 Å². The number of alkyl carbamates (subject to hydrolysis) is 1. The predicted molar refractivity (Wildman–Crippen MR) is 116 cm³/mol. The molecular formula is C26H20F3NO2. The number of carbonyl (C=O) groups excluding carboxylic acids is 1. The van der Waals surface area contributed by atoms with Gasteiger partial charge in [0.25, 0.3) is 0 Å². The highest BCUT2D eigenvalue weighted by Gasteiger charge is 2.30. The fourth-order valence-corrected chi connectivity index (χ4v) is 3.78. The van der Waals surface area contributed by atoms with Gasteiger partial charge in [0.2, 0.25) is 0 Å². The number of benzene rings is 3. The maximum absolute atomic E-state index is 12.6. The van der Waals surface area contributed by atoms with Crippen molar-refractivity contribution in [1.82, 2.24) is 5.32 Å². The summed E-state index contributed by atoms with van der Waals surface area (Å²) in [4.78, 5) is 12.1. The summed E-state index contributed by atoms with van der Waals surface area (Å²) in [7, 11) is 0. The van der Waals surface area contributed by atoms with E-state index in [9.17, 15) is 18.0 Å². The summed E-state index contributed by atoms with van der Waals surface area (Å²) < 4.78 is 43.1. The summed E-state index contributed by atoms with van der Waals surface area (Å²) in [6.07, 6.45) is -4.53. The van der Waals surface area contributed by atoms with E-state index < -0.39 is 17.8 Å². The minimum atomic E-state index is -4.36. The molecule has 1 aliphatic carbocycles. The number of ether oxygens (including phenoxy) is 1. The highest BCUT2D eigenvalue weighted by atomic mass is 19.4. The monoisotopic (exact) mass is 435 g/mol. The van der Waals surface area contributed by atoms with Gasteiger partial charge < -0.3 is 10.1 Å². The standard InChI is InChI=1S/C26H20F3NO2/c27-26(28,29)19-14-12-18(13-15-19)7-5-6-16-30-25(31)32-17-24-22-10-3-1-8-20(22)21-9-2-4-11-23(21)24/h1-4,8-15,24H,6,16-17H2,(H,30,31). The molecule has 0 spiro atoms. The van der Waals surface area contributed by atoms with E-state index in [-0.39, 0.29) is 19.1 Å². The Hall–Kier alpha value is -3.72. The summed E-state index contributed by atoms with van der Waals surface area (Å²) in [5.74, 6) is 5.62. The van der Waals surface area contributed by atoms with Crippen molar-refractivity contribution in [3.8, 4) is 23.0 Å². The molecule has 0 saturated heterocycles. The highest BCUT2D eigenvalue weighted by molar-refractivity contribution is 5.79. The quantitative estimate of drug-likeness (QED) is 0.404. The van der Waals surface area contributed by atoms with E-state index >= 15 is 0 Å². The van der Waals surface area contributed by atoms with Gasteiger partial charge in [-0.3, -0.25) is 0 Å². The topological polar surface area (TPSA) is 38.3 Å². The van der Waals surface area contributed by atoms with Crippen molar-refractivity contribution >= 4 is 6.09 Å². The molecule has 0 radical (unpaired) electrons. The molecule has 1 N–H and O–H groups in total. The predicted octanol–water partition coefficient (Wildman–Crippen LogP) is 5.99. The molecule has 4 rings (SSSR count). The lowest BCUT2D eigenvalue weighted by atomic mass is 9.98. The number of carbonyl (C=O) groups is 1. The van der Waals surface area contributed by atoms with E-state index in [1.807, 2.05) is 24.3 Å². The Morgan fingerprint density at radius 2 is 1.50 bits per heavy atom. The first kappa shape index (κ1) is 21.5. The number of hydrogen-bond acceptors (Lipinski definition) is 2. The summed E-state index contributed by atoms with van der Waals surface area (Å²) in [5.41, 5.74) is 4.39. The van der Waals surface area contributed by atoms with Gasteiger partial charge in [0.15, 0.2) is 0 Å². The van der Waals surface area contributed by atoms with Crippen molar-refractivity contribution in [2.24, 2.45) is 0 Å². The number of rotatable bonds is 4. The number of alkyl halides is 3. The van der Waals surface area contributed by atoms with Crippen molar-refractivity contribution in [3.05, 3.63) is 95.1 Å². The highest BCUT2D eigenvalue weighted by Crippen LogP contribution is 2.44. The molecule has 0 aromatic heterocycles. The van der Waals surface area contributed by atoms with E-state index in [0.717, 1.165) is 34.4 Å². The molecule has 3 nitrogen and oxygen atoms in total. The van der Waals surface area contributed by atoms with E-state index in [2.05, 4.69) is 41.4 Å². The average Bonchev–Trinajstić information content (AvgIpc) is 3.11. The number of nitrogens with one attached hydrogen (secondary N) is 1. The lowest BCUT2D eigenvalue weighted by Crippen LogP contribution is -2.26. The molecule has 162 valence electrons. The van der Waals surface area contributed by atoms with Gasteiger partial charge >= 0.3 is 12.3 Å². The number of hydrogen-bond donors (Lipinski definition) is 1. The van der Waals surface area contributed by atoms with Crippen LogP contribution in [0.1, 0.15) is 34.6 Å². The average molecular weight is 435 g/mol. The van der Waals surface area contributed by atoms with Crippen molar-refractivity contribution in [2.75, 3.05) is 13.2 Å². The van der Waals surface area contributed by atoms with Gasteiger partial charge in [0.05, 0.1) is 5.56 Å². The third-order valence-electron chi connectivity index (χ3n) is 5.31. The molecule has 3 aromatic rings. The van der Waals surface area contributed by atoms with E-state index in [0.29, 0.717) is 12.0 Å². The van der Waals surface area contributed by atoms with Crippen LogP contribution in [0, 0.1) is 11.8 Å². The van der Waals surface area contributed by atoms with Crippen LogP contribution in [0.25, 0.3) is 11.1 Å². The summed E-state index contributed by atoms with van der Waals surface area (Å²) in [6.45, 7) is 0.515. The zero-order chi connectivity index (χ0) is 22.6. The molecule has 6 heteroatoms. The van der Waals surface area contributed by atoms with E-state index in [1.165, 1.54) is 12.1 Å². The zero-order valence-electron chi connectivity index (χ0n) is 17.1. The first-order valence-corrected chi connectivity index (χ1v) is 10.2. The fraction of sp³-hybridized carbons (Fsp3) is 0.192. The van der Waals surface area contributed by atoms with Crippen LogP contribution in [0.5, 0.6) is 0 Å². The first-order valence-electron chi connectivity index (χ1n) is 10.2. The van der Waals surface area contributed by atoms with Crippen LogP contribution in [-0.4, -0.2) is 19.2 Å². The molecule has 0 unspecified atom stereocenters. The van der Waals surface area contributed by atoms with Gasteiger partial charge in [-0.15, -0.1) is 0 Å². The van der Waals surface area contributed by atoms with Crippen molar-refractivity contribution < 1.29 is 22.7 Å². The Morgan fingerprint density at radius 3 is 2.09 bits per heavy atom. The summed E-state index contributed by atoms with van der Waals surface area (Å²) in [5, 5.41) is 2.66. The third kappa shape index (κ3) is 4.78. The van der Waals surface area contributed by atoms with Gasteiger partial charge in [-0.2, -0.15) is 13.2 Å². The molecule has 0 atom stereocenters. The number of fused-ring (bicyclic) bond motifs is 3. The SMILES string of the molecule is O=C(NCCC#Cc1ccc(C(F)(F)F)cc1)OCC1c2ccccc2-c2ccccc21. The molecule has 0 saturated carbocycles. The molecule has 0 fully saturated rings. The number of halogens is 3. The fourth-order valence-electron chi connectivity index (χ4n) is 3.78. The number of amides is 1.